The van der Waals surface area contributed by atoms with Gasteiger partial charge in [0.05, 0.1) is 26.7 Å². The minimum atomic E-state index is -1.13. The van der Waals surface area contributed by atoms with Crippen LogP contribution in [0.4, 0.5) is 4.39 Å². The molecule has 2 rings (SSSR count). The zero-order chi connectivity index (χ0) is 19.0. The maximum Gasteiger partial charge on any atom is 0.335 e. The first-order valence-electron chi connectivity index (χ1n) is 7.10. The van der Waals surface area contributed by atoms with Crippen LogP contribution in [0.25, 0.3) is 0 Å². The lowest BCUT2D eigenvalue weighted by atomic mass is 10.2. The first kappa shape index (κ1) is 21.1. The van der Waals surface area contributed by atoms with E-state index in [1.54, 1.807) is 6.07 Å². The fourth-order valence-electron chi connectivity index (χ4n) is 1.59. The molecule has 25 heavy (non-hydrogen) atoms. The van der Waals surface area contributed by atoms with Crippen molar-refractivity contribution in [2.24, 2.45) is 0 Å². The number of ether oxygens (including phenoxy) is 1. The molecule has 0 saturated carbocycles. The van der Waals surface area contributed by atoms with E-state index in [0.29, 0.717) is 12.4 Å². The van der Waals surface area contributed by atoms with Gasteiger partial charge in [0.15, 0.2) is 0 Å². The monoisotopic (exact) mass is 476 g/mol. The molecule has 2 aromatic carbocycles. The van der Waals surface area contributed by atoms with Crippen LogP contribution in [0.5, 0.6) is 5.75 Å². The van der Waals surface area contributed by atoms with Gasteiger partial charge in [-0.2, -0.15) is 0 Å². The minimum absolute atomic E-state index is 0.0503. The van der Waals surface area contributed by atoms with Crippen molar-refractivity contribution in [3.05, 3.63) is 62.3 Å². The molecular weight excluding hydrogens is 463 g/mol. The largest absolute Gasteiger partial charge is 0.492 e. The van der Waals surface area contributed by atoms with E-state index < -0.39 is 17.8 Å². The molecule has 0 saturated heterocycles. The summed E-state index contributed by atoms with van der Waals surface area (Å²) in [6.07, 6.45) is 0.893. The molecule has 0 aliphatic heterocycles. The van der Waals surface area contributed by atoms with Crippen molar-refractivity contribution < 1.29 is 28.9 Å². The average molecular weight is 478 g/mol. The molecule has 8 heteroatoms. The SMILES string of the molecule is CCCOc1cc(C(=O)O)ccc1Br.O=C(O)c1ccc(Br)c(F)c1. The Balaban J connectivity index is 0.000000257. The van der Waals surface area contributed by atoms with Crippen LogP contribution in [0.15, 0.2) is 45.3 Å². The van der Waals surface area contributed by atoms with Gasteiger partial charge in [-0.15, -0.1) is 0 Å². The summed E-state index contributed by atoms with van der Waals surface area (Å²) in [5.74, 6) is -2.06. The van der Waals surface area contributed by atoms with E-state index in [4.69, 9.17) is 14.9 Å². The zero-order valence-corrected chi connectivity index (χ0v) is 16.3. The number of benzene rings is 2. The fraction of sp³-hybridized carbons (Fsp3) is 0.176. The fourth-order valence-corrected chi connectivity index (χ4v) is 2.20. The van der Waals surface area contributed by atoms with Crippen molar-refractivity contribution in [2.45, 2.75) is 13.3 Å². The third-order valence-corrected chi connectivity index (χ3v) is 4.10. The van der Waals surface area contributed by atoms with E-state index >= 15 is 0 Å². The summed E-state index contributed by atoms with van der Waals surface area (Å²) in [7, 11) is 0. The van der Waals surface area contributed by atoms with Gasteiger partial charge in [0.1, 0.15) is 11.6 Å². The highest BCUT2D eigenvalue weighted by atomic mass is 79.9. The van der Waals surface area contributed by atoms with Crippen molar-refractivity contribution in [1.29, 1.82) is 0 Å². The smallest absolute Gasteiger partial charge is 0.335 e. The van der Waals surface area contributed by atoms with Gasteiger partial charge in [-0.25, -0.2) is 14.0 Å². The van der Waals surface area contributed by atoms with Crippen molar-refractivity contribution >= 4 is 43.8 Å². The van der Waals surface area contributed by atoms with E-state index in [9.17, 15) is 14.0 Å². The van der Waals surface area contributed by atoms with Crippen LogP contribution in [0.2, 0.25) is 0 Å². The third kappa shape index (κ3) is 6.83. The molecule has 0 heterocycles. The lowest BCUT2D eigenvalue weighted by Gasteiger charge is -2.07. The molecule has 0 amide bonds. The molecule has 0 fully saturated rings. The summed E-state index contributed by atoms with van der Waals surface area (Å²) in [4.78, 5) is 20.9. The van der Waals surface area contributed by atoms with Gasteiger partial charge >= 0.3 is 11.9 Å². The predicted octanol–water partition coefficient (Wildman–Crippen LogP) is 5.22. The van der Waals surface area contributed by atoms with Crippen LogP contribution in [-0.2, 0) is 0 Å². The predicted molar refractivity (Wildman–Crippen MR) is 97.9 cm³/mol. The van der Waals surface area contributed by atoms with Gasteiger partial charge in [-0.3, -0.25) is 0 Å². The van der Waals surface area contributed by atoms with Gasteiger partial charge in [0.2, 0.25) is 0 Å². The number of carboxylic acid groups (broad SMARTS) is 2. The average Bonchev–Trinajstić information content (AvgIpc) is 2.56. The van der Waals surface area contributed by atoms with Gasteiger partial charge in [-0.1, -0.05) is 6.92 Å². The summed E-state index contributed by atoms with van der Waals surface area (Å²) in [5.41, 5.74) is 0.185. The zero-order valence-electron chi connectivity index (χ0n) is 13.1. The second-order valence-electron chi connectivity index (χ2n) is 4.73. The lowest BCUT2D eigenvalue weighted by Crippen LogP contribution is -2.00. The van der Waals surface area contributed by atoms with Crippen molar-refractivity contribution in [1.82, 2.24) is 0 Å². The minimum Gasteiger partial charge on any atom is -0.492 e. The Labute approximate surface area is 160 Å². The molecule has 0 bridgehead atoms. The maximum absolute atomic E-state index is 12.6. The number of carboxylic acids is 2. The van der Waals surface area contributed by atoms with Crippen molar-refractivity contribution in [2.75, 3.05) is 6.61 Å². The van der Waals surface area contributed by atoms with E-state index in [1.165, 1.54) is 24.3 Å². The van der Waals surface area contributed by atoms with Crippen molar-refractivity contribution in [3.8, 4) is 5.75 Å². The molecule has 0 aliphatic carbocycles. The molecule has 0 aromatic heterocycles. The molecule has 0 aliphatic rings. The Bertz CT molecular complexity index is 765. The molecule has 134 valence electrons. The number of aromatic carboxylic acids is 2. The molecule has 2 N–H and O–H groups in total. The highest BCUT2D eigenvalue weighted by Crippen LogP contribution is 2.26. The number of rotatable bonds is 5. The van der Waals surface area contributed by atoms with Gasteiger partial charge in [0, 0.05) is 0 Å². The second kappa shape index (κ2) is 10.1. The quantitative estimate of drug-likeness (QED) is 0.616. The lowest BCUT2D eigenvalue weighted by molar-refractivity contribution is 0.0685. The molecule has 0 spiro atoms. The topological polar surface area (TPSA) is 83.8 Å². The standard InChI is InChI=1S/C10H11BrO3.C7H4BrFO2/c1-2-5-14-9-6-7(10(12)13)3-4-8(9)11;8-5-2-1-4(7(10)11)3-6(5)9/h3-4,6H,2,5H2,1H3,(H,12,13);1-3H,(H,10,11). The number of hydrogen-bond donors (Lipinski definition) is 2. The summed E-state index contributed by atoms with van der Waals surface area (Å²) in [5, 5.41) is 17.2. The number of hydrogen-bond acceptors (Lipinski definition) is 3. The van der Waals surface area contributed by atoms with Crippen LogP contribution in [-0.4, -0.2) is 28.8 Å². The summed E-state index contributed by atoms with van der Waals surface area (Å²) in [6, 6.07) is 8.38. The molecule has 0 unspecified atom stereocenters. The Hall–Kier alpha value is -1.93. The summed E-state index contributed by atoms with van der Waals surface area (Å²) >= 11 is 6.20. The van der Waals surface area contributed by atoms with Gasteiger partial charge < -0.3 is 14.9 Å². The molecule has 0 atom stereocenters. The Morgan fingerprint density at radius 3 is 2.00 bits per heavy atom. The molecule has 2 aromatic rings. The third-order valence-electron chi connectivity index (χ3n) is 2.81. The Kier molecular flexibility index (Phi) is 8.57. The van der Waals surface area contributed by atoms with Crippen LogP contribution in [0, 0.1) is 5.82 Å². The Morgan fingerprint density at radius 2 is 1.52 bits per heavy atom. The molecule has 0 radical (unpaired) electrons. The van der Waals surface area contributed by atoms with E-state index in [0.717, 1.165) is 17.0 Å². The summed E-state index contributed by atoms with van der Waals surface area (Å²) < 4.78 is 19.0. The van der Waals surface area contributed by atoms with E-state index in [2.05, 4.69) is 31.9 Å². The number of carbonyl (C=O) groups is 2. The molecule has 5 nitrogen and oxygen atoms in total. The number of halogens is 3. The Morgan fingerprint density at radius 1 is 1.00 bits per heavy atom. The van der Waals surface area contributed by atoms with E-state index in [-0.39, 0.29) is 15.6 Å². The van der Waals surface area contributed by atoms with Crippen LogP contribution >= 0.6 is 31.9 Å². The highest BCUT2D eigenvalue weighted by molar-refractivity contribution is 9.10. The first-order chi connectivity index (χ1) is 11.8. The van der Waals surface area contributed by atoms with Gasteiger partial charge in [-0.05, 0) is 74.7 Å². The van der Waals surface area contributed by atoms with Crippen molar-refractivity contribution in [3.63, 3.8) is 0 Å². The van der Waals surface area contributed by atoms with Gasteiger partial charge in [0.25, 0.3) is 0 Å². The second-order valence-corrected chi connectivity index (χ2v) is 6.44. The highest BCUT2D eigenvalue weighted by Gasteiger charge is 2.07. The normalized spacial score (nSPS) is 9.76. The van der Waals surface area contributed by atoms with Crippen LogP contribution in [0.3, 0.4) is 0 Å². The summed E-state index contributed by atoms with van der Waals surface area (Å²) in [6.45, 7) is 2.58. The van der Waals surface area contributed by atoms with Crippen LogP contribution < -0.4 is 4.74 Å². The molecular formula is C17H15Br2FO5. The van der Waals surface area contributed by atoms with E-state index in [1.807, 2.05) is 6.92 Å². The maximum atomic E-state index is 12.6. The first-order valence-corrected chi connectivity index (χ1v) is 8.68. The van der Waals surface area contributed by atoms with Crippen LogP contribution in [0.1, 0.15) is 34.1 Å².